The fourth-order valence-corrected chi connectivity index (χ4v) is 6.47. The number of fused-ring (bicyclic) bond motifs is 11. The van der Waals surface area contributed by atoms with E-state index in [0.717, 1.165) is 66.1 Å². The van der Waals surface area contributed by atoms with Crippen LogP contribution in [0.15, 0.2) is 138 Å². The number of furan rings is 1. The van der Waals surface area contributed by atoms with Crippen molar-refractivity contribution in [3.63, 3.8) is 0 Å². The first-order valence-corrected chi connectivity index (χ1v) is 13.8. The predicted octanol–water partition coefficient (Wildman–Crippen LogP) is 10.3. The molecule has 0 bridgehead atoms. The van der Waals surface area contributed by atoms with Gasteiger partial charge in [-0.3, -0.25) is 4.98 Å². The smallest absolute Gasteiger partial charge is 0.143 e. The molecule has 41 heavy (non-hydrogen) atoms. The number of hydrogen-bond donors (Lipinski definition) is 0. The topological polar surface area (TPSA) is 38.9 Å². The average Bonchev–Trinajstić information content (AvgIpc) is 3.44. The lowest BCUT2D eigenvalue weighted by Crippen LogP contribution is -1.94. The maximum Gasteiger partial charge on any atom is 0.143 e. The Morgan fingerprint density at radius 2 is 1.05 bits per heavy atom. The second-order valence-electron chi connectivity index (χ2n) is 10.5. The van der Waals surface area contributed by atoms with Crippen LogP contribution in [0.1, 0.15) is 0 Å². The van der Waals surface area contributed by atoms with Crippen LogP contribution in [0, 0.1) is 0 Å². The number of benzene rings is 7. The molecule has 0 aliphatic heterocycles. The van der Waals surface area contributed by atoms with Gasteiger partial charge in [0.2, 0.25) is 0 Å². The maximum atomic E-state index is 6.58. The van der Waals surface area contributed by atoms with Gasteiger partial charge in [0.25, 0.3) is 0 Å². The number of nitrogens with zero attached hydrogens (tertiary/aromatic N) is 2. The molecule has 190 valence electrons. The van der Waals surface area contributed by atoms with Crippen molar-refractivity contribution in [1.82, 2.24) is 9.97 Å². The quantitative estimate of drug-likeness (QED) is 0.212. The van der Waals surface area contributed by atoms with E-state index in [1.54, 1.807) is 0 Å². The van der Waals surface area contributed by atoms with E-state index in [1.165, 1.54) is 21.5 Å². The summed E-state index contributed by atoms with van der Waals surface area (Å²) in [4.78, 5) is 10.3. The molecule has 0 saturated carbocycles. The second kappa shape index (κ2) is 8.48. The van der Waals surface area contributed by atoms with E-state index < -0.39 is 0 Å². The molecule has 0 spiro atoms. The summed E-state index contributed by atoms with van der Waals surface area (Å²) in [5.41, 5.74) is 7.60. The Bertz CT molecular complexity index is 2450. The van der Waals surface area contributed by atoms with Crippen LogP contribution >= 0.6 is 0 Å². The minimum atomic E-state index is 0.839. The van der Waals surface area contributed by atoms with Gasteiger partial charge in [0, 0.05) is 32.7 Å². The van der Waals surface area contributed by atoms with Crippen LogP contribution in [0.4, 0.5) is 0 Å². The third-order valence-electron chi connectivity index (χ3n) is 8.29. The van der Waals surface area contributed by atoms with Crippen LogP contribution in [0.2, 0.25) is 0 Å². The molecule has 2 heterocycles. The first-order chi connectivity index (χ1) is 20.3. The van der Waals surface area contributed by atoms with Crippen molar-refractivity contribution >= 4 is 65.3 Å². The first kappa shape index (κ1) is 22.3. The minimum Gasteiger partial charge on any atom is -0.455 e. The largest absolute Gasteiger partial charge is 0.455 e. The van der Waals surface area contributed by atoms with Crippen LogP contribution in [-0.4, -0.2) is 9.97 Å². The highest BCUT2D eigenvalue weighted by atomic mass is 16.3. The fourth-order valence-electron chi connectivity index (χ4n) is 6.47. The van der Waals surface area contributed by atoms with Crippen molar-refractivity contribution in [3.8, 4) is 22.4 Å². The summed E-state index contributed by atoms with van der Waals surface area (Å²) in [6.45, 7) is 0. The molecule has 3 heteroatoms. The lowest BCUT2D eigenvalue weighted by Gasteiger charge is -2.13. The molecule has 0 fully saturated rings. The van der Waals surface area contributed by atoms with Crippen molar-refractivity contribution in [2.24, 2.45) is 0 Å². The van der Waals surface area contributed by atoms with Gasteiger partial charge < -0.3 is 4.42 Å². The molecule has 0 saturated heterocycles. The number of para-hydroxylation sites is 1. The summed E-state index contributed by atoms with van der Waals surface area (Å²) in [5.74, 6) is 0. The highest BCUT2D eigenvalue weighted by molar-refractivity contribution is 6.24. The molecule has 0 unspecified atom stereocenters. The summed E-state index contributed by atoms with van der Waals surface area (Å²) in [6, 6.07) is 44.5. The molecule has 0 aliphatic carbocycles. The van der Waals surface area contributed by atoms with Gasteiger partial charge in [0.05, 0.1) is 22.9 Å². The molecule has 0 aliphatic rings. The number of hydrogen-bond acceptors (Lipinski definition) is 3. The molecule has 3 nitrogen and oxygen atoms in total. The van der Waals surface area contributed by atoms with E-state index in [0.29, 0.717) is 0 Å². The lowest BCUT2D eigenvalue weighted by atomic mass is 9.92. The van der Waals surface area contributed by atoms with Crippen LogP contribution in [0.25, 0.3) is 87.7 Å². The van der Waals surface area contributed by atoms with Gasteiger partial charge in [-0.05, 0) is 39.2 Å². The van der Waals surface area contributed by atoms with Crippen molar-refractivity contribution in [2.45, 2.75) is 0 Å². The van der Waals surface area contributed by atoms with Gasteiger partial charge in [0.15, 0.2) is 0 Å². The average molecular weight is 523 g/mol. The molecule has 0 radical (unpaired) electrons. The van der Waals surface area contributed by atoms with Gasteiger partial charge in [0.1, 0.15) is 11.2 Å². The van der Waals surface area contributed by atoms with Gasteiger partial charge in [-0.25, -0.2) is 4.98 Å². The molecule has 2 aromatic heterocycles. The highest BCUT2D eigenvalue weighted by Gasteiger charge is 2.19. The molecule has 0 amide bonds. The fraction of sp³-hybridized carbons (Fsp3) is 0. The third-order valence-corrected chi connectivity index (χ3v) is 8.29. The molecule has 7 aromatic carbocycles. The van der Waals surface area contributed by atoms with Crippen LogP contribution in [0.5, 0.6) is 0 Å². The molecular formula is C38H22N2O. The molecule has 9 rings (SSSR count). The molecule has 0 N–H and O–H groups in total. The summed E-state index contributed by atoms with van der Waals surface area (Å²) >= 11 is 0. The zero-order valence-electron chi connectivity index (χ0n) is 22.0. The normalized spacial score (nSPS) is 11.9. The number of rotatable bonds is 2. The Kier molecular flexibility index (Phi) is 4.61. The molecular weight excluding hydrogens is 500 g/mol. The van der Waals surface area contributed by atoms with E-state index in [1.807, 2.05) is 18.3 Å². The van der Waals surface area contributed by atoms with E-state index >= 15 is 0 Å². The highest BCUT2D eigenvalue weighted by Crippen LogP contribution is 2.43. The Balaban J connectivity index is 1.36. The minimum absolute atomic E-state index is 0.839. The van der Waals surface area contributed by atoms with E-state index in [2.05, 4.69) is 115 Å². The Labute approximate surface area is 235 Å². The SMILES string of the molecule is c1ccc(-c2cc3ccccc3c3c2oc2ccccc23)c(-c2cnc3c4ccccc4c4ccccc4c3n2)c1. The van der Waals surface area contributed by atoms with Gasteiger partial charge in [-0.2, -0.15) is 0 Å². The van der Waals surface area contributed by atoms with Crippen molar-refractivity contribution < 1.29 is 4.42 Å². The Morgan fingerprint density at radius 1 is 0.463 bits per heavy atom. The Morgan fingerprint density at radius 3 is 1.83 bits per heavy atom. The van der Waals surface area contributed by atoms with E-state index in [4.69, 9.17) is 14.4 Å². The van der Waals surface area contributed by atoms with Crippen molar-refractivity contribution in [2.75, 3.05) is 0 Å². The maximum absolute atomic E-state index is 6.58. The van der Waals surface area contributed by atoms with Crippen LogP contribution in [-0.2, 0) is 0 Å². The molecule has 9 aromatic rings. The van der Waals surface area contributed by atoms with Crippen LogP contribution < -0.4 is 0 Å². The number of aromatic nitrogens is 2. The van der Waals surface area contributed by atoms with Gasteiger partial charge in [-0.1, -0.05) is 115 Å². The molecule has 0 atom stereocenters. The zero-order valence-corrected chi connectivity index (χ0v) is 22.0. The second-order valence-corrected chi connectivity index (χ2v) is 10.5. The van der Waals surface area contributed by atoms with Crippen LogP contribution in [0.3, 0.4) is 0 Å². The van der Waals surface area contributed by atoms with Gasteiger partial charge >= 0.3 is 0 Å². The van der Waals surface area contributed by atoms with E-state index in [9.17, 15) is 0 Å². The monoisotopic (exact) mass is 522 g/mol. The summed E-state index contributed by atoms with van der Waals surface area (Å²) < 4.78 is 6.58. The lowest BCUT2D eigenvalue weighted by molar-refractivity contribution is 0.670. The predicted molar refractivity (Wildman–Crippen MR) is 170 cm³/mol. The third kappa shape index (κ3) is 3.20. The van der Waals surface area contributed by atoms with Crippen molar-refractivity contribution in [1.29, 1.82) is 0 Å². The van der Waals surface area contributed by atoms with E-state index in [-0.39, 0.29) is 0 Å². The standard InChI is InChI=1S/C38H22N2O/c1-2-12-24-23(11-1)21-32(38-35(24)31-19-9-10-20-34(31)41-38)27-15-3-6-16-28(27)33-22-39-36-29-17-7-4-13-25(29)26-14-5-8-18-30(26)37(36)40-33/h1-22H. The van der Waals surface area contributed by atoms with Gasteiger partial charge in [-0.15, -0.1) is 0 Å². The first-order valence-electron chi connectivity index (χ1n) is 13.8. The zero-order chi connectivity index (χ0) is 26.9. The Hall–Kier alpha value is -5.54. The van der Waals surface area contributed by atoms with Crippen molar-refractivity contribution in [3.05, 3.63) is 134 Å². The summed E-state index contributed by atoms with van der Waals surface area (Å²) in [6.07, 6.45) is 1.92. The summed E-state index contributed by atoms with van der Waals surface area (Å²) in [5, 5.41) is 9.25. The summed E-state index contributed by atoms with van der Waals surface area (Å²) in [7, 11) is 0.